The number of nitrogens with two attached hydrogens (primary N) is 1. The van der Waals surface area contributed by atoms with Gasteiger partial charge >= 0.3 is 0 Å². The fourth-order valence-electron chi connectivity index (χ4n) is 1.79. The van der Waals surface area contributed by atoms with E-state index in [-0.39, 0.29) is 5.82 Å². The van der Waals surface area contributed by atoms with Crippen LogP contribution >= 0.6 is 12.2 Å². The van der Waals surface area contributed by atoms with Gasteiger partial charge in [0, 0.05) is 0 Å². The van der Waals surface area contributed by atoms with Crippen molar-refractivity contribution in [3.05, 3.63) is 39.4 Å². The largest absolute Gasteiger partial charge is 0.368 e. The van der Waals surface area contributed by atoms with E-state index in [1.54, 1.807) is 30.5 Å². The van der Waals surface area contributed by atoms with E-state index in [1.807, 2.05) is 0 Å². The minimum Gasteiger partial charge on any atom is -0.368 e. The second-order valence-electron chi connectivity index (χ2n) is 4.02. The number of benzene rings is 1. The minimum absolute atomic E-state index is 0.169. The lowest BCUT2D eigenvalue weighted by Gasteiger charge is -2.08. The number of aromatic nitrogens is 3. The van der Waals surface area contributed by atoms with Gasteiger partial charge in [0.25, 0.3) is 0 Å². The fraction of sp³-hybridized carbons (Fsp3) is 0.273. The quantitative estimate of drug-likeness (QED) is 0.806. The summed E-state index contributed by atoms with van der Waals surface area (Å²) in [5.74, 6) is 0.159. The maximum atomic E-state index is 13.5. The molecule has 1 aromatic heterocycles. The van der Waals surface area contributed by atoms with E-state index in [4.69, 9.17) is 18.0 Å². The summed E-state index contributed by atoms with van der Waals surface area (Å²) < 4.78 is 15.6. The second-order valence-corrected chi connectivity index (χ2v) is 4.40. The third-order valence-electron chi connectivity index (χ3n) is 2.62. The molecule has 0 bridgehead atoms. The molecule has 0 atom stereocenters. The van der Waals surface area contributed by atoms with Crippen molar-refractivity contribution in [3.8, 4) is 0 Å². The summed E-state index contributed by atoms with van der Waals surface area (Å²) in [5.41, 5.74) is 7.86. The number of H-pyrrole nitrogens is 1. The first-order chi connectivity index (χ1) is 7.99. The molecule has 0 saturated heterocycles. The predicted molar refractivity (Wildman–Crippen MR) is 66.8 cm³/mol. The summed E-state index contributed by atoms with van der Waals surface area (Å²) in [4.78, 5) is 0. The van der Waals surface area contributed by atoms with Gasteiger partial charge < -0.3 is 5.73 Å². The number of rotatable bonds is 2. The van der Waals surface area contributed by atoms with E-state index in [2.05, 4.69) is 10.2 Å². The molecule has 2 rings (SSSR count). The van der Waals surface area contributed by atoms with Gasteiger partial charge in [-0.05, 0) is 42.8 Å². The Morgan fingerprint density at radius 2 is 2.00 bits per heavy atom. The molecular formula is C11H13FN4S. The van der Waals surface area contributed by atoms with E-state index >= 15 is 0 Å². The average Bonchev–Trinajstić information content (AvgIpc) is 2.57. The summed E-state index contributed by atoms with van der Waals surface area (Å²) in [7, 11) is 0. The number of nitrogens with zero attached hydrogens (tertiary/aromatic N) is 2. The standard InChI is InChI=1S/C11H13FN4S/c1-6-3-8(4-7(2)9(6)12)5-16-10(13)14-15-11(16)17/h3-4H,5H2,1-2H3,(H2,13,14)(H,15,17). The first kappa shape index (κ1) is 11.8. The Morgan fingerprint density at radius 3 is 2.47 bits per heavy atom. The molecule has 2 aromatic rings. The normalized spacial score (nSPS) is 10.8. The molecule has 3 N–H and O–H groups in total. The number of aryl methyl sites for hydroxylation is 2. The Bertz CT molecular complexity index is 591. The lowest BCUT2D eigenvalue weighted by atomic mass is 10.1. The van der Waals surface area contributed by atoms with Crippen LogP contribution in [0.15, 0.2) is 12.1 Å². The minimum atomic E-state index is -0.169. The Balaban J connectivity index is 2.41. The Labute approximate surface area is 103 Å². The third-order valence-corrected chi connectivity index (χ3v) is 2.94. The number of nitrogens with one attached hydrogen (secondary N) is 1. The van der Waals surface area contributed by atoms with Gasteiger partial charge in [-0.3, -0.25) is 4.57 Å². The molecule has 0 aliphatic heterocycles. The molecule has 1 heterocycles. The molecule has 4 nitrogen and oxygen atoms in total. The van der Waals surface area contributed by atoms with Crippen molar-refractivity contribution in [1.82, 2.24) is 14.8 Å². The highest BCUT2D eigenvalue weighted by Crippen LogP contribution is 2.16. The van der Waals surface area contributed by atoms with Crippen LogP contribution in [0, 0.1) is 24.4 Å². The molecular weight excluding hydrogens is 239 g/mol. The molecule has 90 valence electrons. The summed E-state index contributed by atoms with van der Waals surface area (Å²) in [6.45, 7) is 3.97. The third kappa shape index (κ3) is 2.21. The molecule has 0 radical (unpaired) electrons. The van der Waals surface area contributed by atoms with Crippen molar-refractivity contribution in [2.45, 2.75) is 20.4 Å². The number of anilines is 1. The van der Waals surface area contributed by atoms with Gasteiger partial charge in [-0.25, -0.2) is 9.49 Å². The first-order valence-corrected chi connectivity index (χ1v) is 5.56. The number of aromatic amines is 1. The van der Waals surface area contributed by atoms with Gasteiger partial charge in [0.1, 0.15) is 5.82 Å². The second kappa shape index (κ2) is 4.29. The summed E-state index contributed by atoms with van der Waals surface area (Å²) in [6, 6.07) is 3.58. The molecule has 0 fully saturated rings. The molecule has 17 heavy (non-hydrogen) atoms. The van der Waals surface area contributed by atoms with Crippen LogP contribution in [0.1, 0.15) is 16.7 Å². The maximum absolute atomic E-state index is 13.5. The van der Waals surface area contributed by atoms with Gasteiger partial charge in [-0.2, -0.15) is 0 Å². The van der Waals surface area contributed by atoms with Crippen LogP contribution in [0.3, 0.4) is 0 Å². The molecule has 0 spiro atoms. The Morgan fingerprint density at radius 1 is 1.41 bits per heavy atom. The van der Waals surface area contributed by atoms with E-state index in [0.29, 0.717) is 28.4 Å². The zero-order valence-corrected chi connectivity index (χ0v) is 10.4. The van der Waals surface area contributed by atoms with Crippen LogP contribution in [0.4, 0.5) is 10.3 Å². The van der Waals surface area contributed by atoms with Gasteiger partial charge in [0.05, 0.1) is 6.54 Å². The summed E-state index contributed by atoms with van der Waals surface area (Å²) in [5, 5.41) is 6.44. The summed E-state index contributed by atoms with van der Waals surface area (Å²) in [6.07, 6.45) is 0. The van der Waals surface area contributed by atoms with Crippen LogP contribution < -0.4 is 5.73 Å². The van der Waals surface area contributed by atoms with Crippen molar-refractivity contribution in [1.29, 1.82) is 0 Å². The number of halogens is 1. The SMILES string of the molecule is Cc1cc(Cn2c(N)n[nH]c2=S)cc(C)c1F. The highest BCUT2D eigenvalue weighted by molar-refractivity contribution is 7.71. The van der Waals surface area contributed by atoms with Crippen molar-refractivity contribution in [2.75, 3.05) is 5.73 Å². The lowest BCUT2D eigenvalue weighted by Crippen LogP contribution is -2.05. The van der Waals surface area contributed by atoms with Crippen molar-refractivity contribution in [2.24, 2.45) is 0 Å². The smallest absolute Gasteiger partial charge is 0.220 e. The van der Waals surface area contributed by atoms with Crippen LogP contribution in [0.25, 0.3) is 0 Å². The number of hydrogen-bond acceptors (Lipinski definition) is 3. The van der Waals surface area contributed by atoms with Crippen molar-refractivity contribution < 1.29 is 4.39 Å². The van der Waals surface area contributed by atoms with Crippen LogP contribution in [-0.4, -0.2) is 14.8 Å². The van der Waals surface area contributed by atoms with E-state index in [9.17, 15) is 4.39 Å². The molecule has 6 heteroatoms. The highest BCUT2D eigenvalue weighted by atomic mass is 32.1. The fourth-order valence-corrected chi connectivity index (χ4v) is 2.00. The van der Waals surface area contributed by atoms with Crippen molar-refractivity contribution in [3.63, 3.8) is 0 Å². The van der Waals surface area contributed by atoms with Gasteiger partial charge in [0.15, 0.2) is 4.77 Å². The molecule has 0 saturated carbocycles. The van der Waals surface area contributed by atoms with Crippen LogP contribution in [-0.2, 0) is 6.54 Å². The van der Waals surface area contributed by atoms with Crippen molar-refractivity contribution >= 4 is 18.2 Å². The van der Waals surface area contributed by atoms with E-state index in [0.717, 1.165) is 5.56 Å². The number of nitrogen functional groups attached to an aromatic ring is 1. The highest BCUT2D eigenvalue weighted by Gasteiger charge is 2.07. The van der Waals surface area contributed by atoms with Crippen LogP contribution in [0.5, 0.6) is 0 Å². The maximum Gasteiger partial charge on any atom is 0.220 e. The van der Waals surface area contributed by atoms with Gasteiger partial charge in [0.2, 0.25) is 5.95 Å². The average molecular weight is 252 g/mol. The molecule has 0 aliphatic rings. The van der Waals surface area contributed by atoms with E-state index < -0.39 is 0 Å². The number of hydrogen-bond donors (Lipinski definition) is 2. The topological polar surface area (TPSA) is 59.6 Å². The zero-order chi connectivity index (χ0) is 12.6. The van der Waals surface area contributed by atoms with Gasteiger partial charge in [-0.1, -0.05) is 12.1 Å². The predicted octanol–water partition coefficient (Wildman–Crippen LogP) is 2.33. The molecule has 0 amide bonds. The lowest BCUT2D eigenvalue weighted by molar-refractivity contribution is 0.607. The molecule has 1 aromatic carbocycles. The van der Waals surface area contributed by atoms with E-state index in [1.165, 1.54) is 0 Å². The Kier molecular flexibility index (Phi) is 2.97. The zero-order valence-electron chi connectivity index (χ0n) is 9.62. The molecule has 0 unspecified atom stereocenters. The van der Waals surface area contributed by atoms with Crippen LogP contribution in [0.2, 0.25) is 0 Å². The first-order valence-electron chi connectivity index (χ1n) is 5.15. The Hall–Kier alpha value is -1.69. The monoisotopic (exact) mass is 252 g/mol. The molecule has 0 aliphatic carbocycles. The summed E-state index contributed by atoms with van der Waals surface area (Å²) >= 11 is 5.05. The van der Waals surface area contributed by atoms with Gasteiger partial charge in [-0.15, -0.1) is 5.10 Å².